The van der Waals surface area contributed by atoms with Crippen LogP contribution in [0.3, 0.4) is 0 Å². The molecular formula is C15H12N2O3S. The zero-order valence-corrected chi connectivity index (χ0v) is 11.7. The Labute approximate surface area is 121 Å². The third-order valence-electron chi connectivity index (χ3n) is 3.25. The van der Waals surface area contributed by atoms with Gasteiger partial charge < -0.3 is 5.73 Å². The number of primary amides is 1. The second-order valence-electron chi connectivity index (χ2n) is 4.54. The van der Waals surface area contributed by atoms with E-state index in [1.54, 1.807) is 30.3 Å². The van der Waals surface area contributed by atoms with Gasteiger partial charge in [0.25, 0.3) is 10.0 Å². The second-order valence-corrected chi connectivity index (χ2v) is 6.32. The van der Waals surface area contributed by atoms with E-state index in [1.165, 1.54) is 18.3 Å². The topological polar surface area (TPSA) is 82.2 Å². The van der Waals surface area contributed by atoms with Crippen LogP contribution >= 0.6 is 0 Å². The van der Waals surface area contributed by atoms with Crippen molar-refractivity contribution in [3.05, 3.63) is 66.4 Å². The molecule has 3 aromatic rings. The first-order chi connectivity index (χ1) is 10.0. The number of carbonyl (C=O) groups excluding carboxylic acids is 1. The summed E-state index contributed by atoms with van der Waals surface area (Å²) in [7, 11) is -3.88. The minimum atomic E-state index is -3.88. The molecule has 1 heterocycles. The van der Waals surface area contributed by atoms with Crippen molar-refractivity contribution in [2.45, 2.75) is 4.90 Å². The summed E-state index contributed by atoms with van der Waals surface area (Å²) in [5.41, 5.74) is 5.80. The van der Waals surface area contributed by atoms with Crippen molar-refractivity contribution in [2.75, 3.05) is 0 Å². The van der Waals surface area contributed by atoms with Gasteiger partial charge in [0, 0.05) is 11.6 Å². The molecule has 0 radical (unpaired) electrons. The Hall–Kier alpha value is -2.60. The average molecular weight is 300 g/mol. The maximum atomic E-state index is 12.8. The van der Waals surface area contributed by atoms with Crippen LogP contribution in [0.2, 0.25) is 0 Å². The quantitative estimate of drug-likeness (QED) is 0.803. The SMILES string of the molecule is NC(=O)c1ccccc1S(=O)(=O)n1ccc2ccccc21. The van der Waals surface area contributed by atoms with Gasteiger partial charge in [0.1, 0.15) is 4.90 Å². The lowest BCUT2D eigenvalue weighted by molar-refractivity contribution is 0.0997. The Morgan fingerprint density at radius 2 is 1.62 bits per heavy atom. The van der Waals surface area contributed by atoms with Gasteiger partial charge in [-0.2, -0.15) is 0 Å². The Balaban J connectivity index is 2.29. The minimum Gasteiger partial charge on any atom is -0.366 e. The van der Waals surface area contributed by atoms with Crippen LogP contribution in [0.5, 0.6) is 0 Å². The number of hydrogen-bond acceptors (Lipinski definition) is 3. The van der Waals surface area contributed by atoms with Crippen LogP contribution in [0.4, 0.5) is 0 Å². The van der Waals surface area contributed by atoms with E-state index < -0.39 is 15.9 Å². The van der Waals surface area contributed by atoms with Crippen molar-refractivity contribution in [1.82, 2.24) is 3.97 Å². The highest BCUT2D eigenvalue weighted by molar-refractivity contribution is 7.90. The summed E-state index contributed by atoms with van der Waals surface area (Å²) in [6.45, 7) is 0. The van der Waals surface area contributed by atoms with Gasteiger partial charge in [-0.15, -0.1) is 0 Å². The highest BCUT2D eigenvalue weighted by Gasteiger charge is 2.23. The van der Waals surface area contributed by atoms with Gasteiger partial charge in [-0.3, -0.25) is 4.79 Å². The fourth-order valence-corrected chi connectivity index (χ4v) is 3.82. The maximum Gasteiger partial charge on any atom is 0.268 e. The molecule has 5 nitrogen and oxygen atoms in total. The molecule has 0 aliphatic rings. The van der Waals surface area contributed by atoms with Crippen molar-refractivity contribution >= 4 is 26.8 Å². The number of benzene rings is 2. The standard InChI is InChI=1S/C15H12N2O3S/c16-15(18)12-6-2-4-8-14(12)21(19,20)17-10-9-11-5-1-3-7-13(11)17/h1-10H,(H2,16,18). The molecule has 1 aromatic heterocycles. The molecule has 1 amide bonds. The van der Waals surface area contributed by atoms with Crippen molar-refractivity contribution < 1.29 is 13.2 Å². The van der Waals surface area contributed by atoms with Gasteiger partial charge in [-0.25, -0.2) is 12.4 Å². The third kappa shape index (κ3) is 2.09. The molecule has 0 fully saturated rings. The number of carbonyl (C=O) groups is 1. The van der Waals surface area contributed by atoms with Crippen molar-refractivity contribution in [2.24, 2.45) is 5.73 Å². The van der Waals surface area contributed by atoms with E-state index in [0.29, 0.717) is 5.52 Å². The Morgan fingerprint density at radius 1 is 0.952 bits per heavy atom. The van der Waals surface area contributed by atoms with Gasteiger partial charge in [0.2, 0.25) is 5.91 Å². The molecular weight excluding hydrogens is 288 g/mol. The summed E-state index contributed by atoms with van der Waals surface area (Å²) >= 11 is 0. The monoisotopic (exact) mass is 300 g/mol. The van der Waals surface area contributed by atoms with Crippen LogP contribution in [-0.4, -0.2) is 18.3 Å². The molecule has 0 bridgehead atoms. The van der Waals surface area contributed by atoms with Crippen LogP contribution in [0.25, 0.3) is 10.9 Å². The molecule has 0 aliphatic carbocycles. The average Bonchev–Trinajstić information content (AvgIpc) is 2.92. The highest BCUT2D eigenvalue weighted by Crippen LogP contribution is 2.24. The van der Waals surface area contributed by atoms with Gasteiger partial charge in [-0.1, -0.05) is 30.3 Å². The smallest absolute Gasteiger partial charge is 0.268 e. The van der Waals surface area contributed by atoms with Crippen LogP contribution < -0.4 is 5.73 Å². The molecule has 0 unspecified atom stereocenters. The Kier molecular flexibility index (Phi) is 3.03. The molecule has 0 atom stereocenters. The molecule has 2 aromatic carbocycles. The van der Waals surface area contributed by atoms with Crippen LogP contribution in [0.1, 0.15) is 10.4 Å². The number of hydrogen-bond donors (Lipinski definition) is 1. The summed E-state index contributed by atoms with van der Waals surface area (Å²) < 4.78 is 26.7. The molecule has 106 valence electrons. The van der Waals surface area contributed by atoms with E-state index in [2.05, 4.69) is 0 Å². The fourth-order valence-electron chi connectivity index (χ4n) is 2.27. The molecule has 0 saturated heterocycles. The van der Waals surface area contributed by atoms with Gasteiger partial charge >= 0.3 is 0 Å². The number of aromatic nitrogens is 1. The van der Waals surface area contributed by atoms with Crippen LogP contribution in [0.15, 0.2) is 65.7 Å². The first-order valence-corrected chi connectivity index (χ1v) is 7.66. The normalized spacial score (nSPS) is 11.6. The van der Waals surface area contributed by atoms with Crippen molar-refractivity contribution in [1.29, 1.82) is 0 Å². The summed E-state index contributed by atoms with van der Waals surface area (Å²) in [6, 6.07) is 14.7. The third-order valence-corrected chi connectivity index (χ3v) is 5.00. The largest absolute Gasteiger partial charge is 0.366 e. The maximum absolute atomic E-state index is 12.8. The number of rotatable bonds is 3. The minimum absolute atomic E-state index is 0.0183. The van der Waals surface area contributed by atoms with E-state index in [4.69, 9.17) is 5.73 Å². The van der Waals surface area contributed by atoms with Crippen LogP contribution in [0, 0.1) is 0 Å². The molecule has 3 rings (SSSR count). The molecule has 0 spiro atoms. The van der Waals surface area contributed by atoms with E-state index in [9.17, 15) is 13.2 Å². The first kappa shape index (κ1) is 13.4. The lowest BCUT2D eigenvalue weighted by atomic mass is 10.2. The molecule has 0 aliphatic heterocycles. The molecule has 21 heavy (non-hydrogen) atoms. The number of amides is 1. The molecule has 0 saturated carbocycles. The number of fused-ring (bicyclic) bond motifs is 1. The summed E-state index contributed by atoms with van der Waals surface area (Å²) in [6.07, 6.45) is 1.47. The zero-order chi connectivity index (χ0) is 15.0. The Morgan fingerprint density at radius 3 is 2.38 bits per heavy atom. The lowest BCUT2D eigenvalue weighted by Crippen LogP contribution is -2.19. The second kappa shape index (κ2) is 4.75. The van der Waals surface area contributed by atoms with Gasteiger partial charge in [0.05, 0.1) is 11.1 Å². The number of nitrogens with zero attached hydrogens (tertiary/aromatic N) is 1. The van der Waals surface area contributed by atoms with Gasteiger partial charge in [0.15, 0.2) is 0 Å². The molecule has 6 heteroatoms. The predicted molar refractivity (Wildman–Crippen MR) is 79.5 cm³/mol. The number of para-hydroxylation sites is 1. The fraction of sp³-hybridized carbons (Fsp3) is 0. The van der Waals surface area contributed by atoms with E-state index in [-0.39, 0.29) is 10.5 Å². The lowest BCUT2D eigenvalue weighted by Gasteiger charge is -2.10. The zero-order valence-electron chi connectivity index (χ0n) is 10.9. The van der Waals surface area contributed by atoms with E-state index in [0.717, 1.165) is 9.36 Å². The number of nitrogens with two attached hydrogens (primary N) is 1. The van der Waals surface area contributed by atoms with Crippen LogP contribution in [-0.2, 0) is 10.0 Å². The first-order valence-electron chi connectivity index (χ1n) is 6.22. The van der Waals surface area contributed by atoms with Crippen molar-refractivity contribution in [3.63, 3.8) is 0 Å². The van der Waals surface area contributed by atoms with E-state index >= 15 is 0 Å². The van der Waals surface area contributed by atoms with Gasteiger partial charge in [-0.05, 0) is 24.3 Å². The highest BCUT2D eigenvalue weighted by atomic mass is 32.2. The summed E-state index contributed by atoms with van der Waals surface area (Å²) in [5.74, 6) is -0.773. The van der Waals surface area contributed by atoms with E-state index in [1.807, 2.05) is 12.1 Å². The predicted octanol–water partition coefficient (Wildman–Crippen LogP) is 1.98. The molecule has 2 N–H and O–H groups in total. The summed E-state index contributed by atoms with van der Waals surface area (Å²) in [5, 5.41) is 0.803. The Bertz CT molecular complexity index is 942. The van der Waals surface area contributed by atoms with Crippen molar-refractivity contribution in [3.8, 4) is 0 Å². The summed E-state index contributed by atoms with van der Waals surface area (Å²) in [4.78, 5) is 11.4.